The van der Waals surface area contributed by atoms with E-state index in [-0.39, 0.29) is 17.3 Å². The quantitative estimate of drug-likeness (QED) is 0.669. The monoisotopic (exact) mass is 374 g/mol. The van der Waals surface area contributed by atoms with Gasteiger partial charge in [-0.05, 0) is 24.6 Å². The molecule has 3 rings (SSSR count). The number of nitrogens with one attached hydrogen (secondary N) is 1. The first-order valence-electron chi connectivity index (χ1n) is 7.84. The van der Waals surface area contributed by atoms with Crippen LogP contribution in [-0.4, -0.2) is 26.4 Å². The Bertz CT molecular complexity index is 915. The van der Waals surface area contributed by atoms with Crippen molar-refractivity contribution in [3.8, 4) is 0 Å². The van der Waals surface area contributed by atoms with E-state index in [1.165, 1.54) is 17.8 Å². The number of aromatic nitrogens is 3. The van der Waals surface area contributed by atoms with Crippen molar-refractivity contribution in [3.63, 3.8) is 0 Å². The molecule has 1 aromatic heterocycles. The van der Waals surface area contributed by atoms with E-state index >= 15 is 0 Å². The number of hydrogen-bond donors (Lipinski definition) is 1. The van der Waals surface area contributed by atoms with Crippen LogP contribution in [0.5, 0.6) is 0 Å². The molecule has 5 nitrogen and oxygen atoms in total. The van der Waals surface area contributed by atoms with Gasteiger partial charge in [0.2, 0.25) is 5.91 Å². The normalized spacial score (nSPS) is 10.7. The number of thioether (sulfide) groups is 1. The summed E-state index contributed by atoms with van der Waals surface area (Å²) in [5, 5.41) is 11.3. The summed E-state index contributed by atoms with van der Waals surface area (Å²) in [4.78, 5) is 12.1. The summed E-state index contributed by atoms with van der Waals surface area (Å²) in [6, 6.07) is 13.1. The minimum Gasteiger partial charge on any atom is -0.325 e. The van der Waals surface area contributed by atoms with Crippen molar-refractivity contribution < 1.29 is 13.6 Å². The molecule has 26 heavy (non-hydrogen) atoms. The second-order valence-electron chi connectivity index (χ2n) is 5.57. The van der Waals surface area contributed by atoms with Gasteiger partial charge < -0.3 is 9.88 Å². The van der Waals surface area contributed by atoms with E-state index < -0.39 is 11.6 Å². The summed E-state index contributed by atoms with van der Waals surface area (Å²) in [5.74, 6) is -1.48. The first-order chi connectivity index (χ1) is 12.5. The summed E-state index contributed by atoms with van der Waals surface area (Å²) < 4.78 is 28.0. The average Bonchev–Trinajstić information content (AvgIpc) is 2.97. The fraction of sp³-hybridized carbons (Fsp3) is 0.167. The summed E-state index contributed by atoms with van der Waals surface area (Å²) >= 11 is 1.23. The standard InChI is InChI=1S/C18H16F2N4OS/c1-12-22-23-18(24(12)10-13-5-3-2-4-6-13)26-11-17(25)21-14-7-8-15(19)16(20)9-14/h2-9H,10-11H2,1H3,(H,21,25). The molecule has 0 fully saturated rings. The number of anilines is 1. The molecule has 2 aromatic carbocycles. The number of carbonyl (C=O) groups is 1. The lowest BCUT2D eigenvalue weighted by Crippen LogP contribution is -2.15. The lowest BCUT2D eigenvalue weighted by molar-refractivity contribution is -0.113. The van der Waals surface area contributed by atoms with E-state index in [0.717, 1.165) is 23.5 Å². The number of benzene rings is 2. The average molecular weight is 374 g/mol. The molecule has 0 radical (unpaired) electrons. The van der Waals surface area contributed by atoms with Crippen LogP contribution in [0.3, 0.4) is 0 Å². The molecule has 0 saturated heterocycles. The van der Waals surface area contributed by atoms with E-state index in [2.05, 4.69) is 15.5 Å². The number of aryl methyl sites for hydroxylation is 1. The summed E-state index contributed by atoms with van der Waals surface area (Å²) in [6.07, 6.45) is 0. The molecule has 0 saturated carbocycles. The molecule has 1 heterocycles. The third-order valence-electron chi connectivity index (χ3n) is 3.62. The van der Waals surface area contributed by atoms with Crippen LogP contribution in [0.4, 0.5) is 14.5 Å². The van der Waals surface area contributed by atoms with Crippen molar-refractivity contribution in [2.75, 3.05) is 11.1 Å². The Labute approximate surface area is 153 Å². The molecular formula is C18H16F2N4OS. The third-order valence-corrected chi connectivity index (χ3v) is 4.59. The number of rotatable bonds is 6. The van der Waals surface area contributed by atoms with Gasteiger partial charge in [0.1, 0.15) is 5.82 Å². The smallest absolute Gasteiger partial charge is 0.234 e. The first-order valence-corrected chi connectivity index (χ1v) is 8.83. The Balaban J connectivity index is 1.62. The number of halogens is 2. The van der Waals surface area contributed by atoms with Crippen LogP contribution in [0.25, 0.3) is 0 Å². The van der Waals surface area contributed by atoms with Crippen LogP contribution in [-0.2, 0) is 11.3 Å². The predicted octanol–water partition coefficient (Wildman–Crippen LogP) is 3.64. The highest BCUT2D eigenvalue weighted by atomic mass is 32.2. The van der Waals surface area contributed by atoms with Gasteiger partial charge in [0.05, 0.1) is 12.3 Å². The molecular weight excluding hydrogens is 358 g/mol. The van der Waals surface area contributed by atoms with E-state index in [4.69, 9.17) is 0 Å². The maximum Gasteiger partial charge on any atom is 0.234 e. The zero-order valence-electron chi connectivity index (χ0n) is 13.9. The maximum atomic E-state index is 13.2. The molecule has 0 aliphatic rings. The molecule has 0 atom stereocenters. The summed E-state index contributed by atoms with van der Waals surface area (Å²) in [7, 11) is 0. The van der Waals surface area contributed by atoms with Gasteiger partial charge in [0.25, 0.3) is 0 Å². The minimum absolute atomic E-state index is 0.0753. The lowest BCUT2D eigenvalue weighted by atomic mass is 10.2. The fourth-order valence-electron chi connectivity index (χ4n) is 2.32. The molecule has 0 aliphatic heterocycles. The Morgan fingerprint density at radius 1 is 1.12 bits per heavy atom. The maximum absolute atomic E-state index is 13.2. The van der Waals surface area contributed by atoms with Crippen LogP contribution < -0.4 is 5.32 Å². The minimum atomic E-state index is -1.01. The number of amides is 1. The first kappa shape index (κ1) is 18.1. The molecule has 3 aromatic rings. The van der Waals surface area contributed by atoms with Crippen molar-refractivity contribution in [3.05, 3.63) is 71.6 Å². The zero-order valence-corrected chi connectivity index (χ0v) is 14.8. The lowest BCUT2D eigenvalue weighted by Gasteiger charge is -2.09. The van der Waals surface area contributed by atoms with Gasteiger partial charge in [-0.15, -0.1) is 10.2 Å². The molecule has 0 aliphatic carbocycles. The van der Waals surface area contributed by atoms with Crippen molar-refractivity contribution in [1.29, 1.82) is 0 Å². The van der Waals surface area contributed by atoms with Gasteiger partial charge in [-0.3, -0.25) is 4.79 Å². The molecule has 0 unspecified atom stereocenters. The van der Waals surface area contributed by atoms with Crippen LogP contribution in [0.1, 0.15) is 11.4 Å². The molecule has 1 N–H and O–H groups in total. The van der Waals surface area contributed by atoms with Crippen molar-refractivity contribution in [2.45, 2.75) is 18.6 Å². The van der Waals surface area contributed by atoms with Crippen LogP contribution in [0, 0.1) is 18.6 Å². The largest absolute Gasteiger partial charge is 0.325 e. The van der Waals surface area contributed by atoms with Gasteiger partial charge in [-0.1, -0.05) is 42.1 Å². The Morgan fingerprint density at radius 2 is 1.88 bits per heavy atom. The van der Waals surface area contributed by atoms with Gasteiger partial charge in [-0.2, -0.15) is 0 Å². The Hall–Kier alpha value is -2.74. The van der Waals surface area contributed by atoms with Gasteiger partial charge in [0.15, 0.2) is 16.8 Å². The highest BCUT2D eigenvalue weighted by Crippen LogP contribution is 2.19. The third kappa shape index (κ3) is 4.45. The SMILES string of the molecule is Cc1nnc(SCC(=O)Nc2ccc(F)c(F)c2)n1Cc1ccccc1. The number of carbonyl (C=O) groups excluding carboxylic acids is 1. The predicted molar refractivity (Wildman–Crippen MR) is 96.0 cm³/mol. The van der Waals surface area contributed by atoms with E-state index in [1.807, 2.05) is 41.8 Å². The molecule has 134 valence electrons. The Kier molecular flexibility index (Phi) is 5.62. The summed E-state index contributed by atoms with van der Waals surface area (Å²) in [6.45, 7) is 2.45. The van der Waals surface area contributed by atoms with Crippen molar-refractivity contribution in [2.24, 2.45) is 0 Å². The molecule has 0 spiro atoms. The second kappa shape index (κ2) is 8.09. The van der Waals surface area contributed by atoms with Crippen molar-refractivity contribution >= 4 is 23.4 Å². The van der Waals surface area contributed by atoms with E-state index in [0.29, 0.717) is 11.7 Å². The second-order valence-corrected chi connectivity index (χ2v) is 6.51. The van der Waals surface area contributed by atoms with Gasteiger partial charge >= 0.3 is 0 Å². The molecule has 1 amide bonds. The number of hydrogen-bond acceptors (Lipinski definition) is 4. The van der Waals surface area contributed by atoms with Crippen molar-refractivity contribution in [1.82, 2.24) is 14.8 Å². The fourth-order valence-corrected chi connectivity index (χ4v) is 3.10. The van der Waals surface area contributed by atoms with Gasteiger partial charge in [0, 0.05) is 11.8 Å². The topological polar surface area (TPSA) is 59.8 Å². The van der Waals surface area contributed by atoms with E-state index in [9.17, 15) is 13.6 Å². The highest BCUT2D eigenvalue weighted by Gasteiger charge is 2.13. The van der Waals surface area contributed by atoms with Crippen LogP contribution in [0.15, 0.2) is 53.7 Å². The van der Waals surface area contributed by atoms with E-state index in [1.54, 1.807) is 0 Å². The zero-order chi connectivity index (χ0) is 18.5. The summed E-state index contributed by atoms with van der Waals surface area (Å²) in [5.41, 5.74) is 1.31. The van der Waals surface area contributed by atoms with Crippen LogP contribution >= 0.6 is 11.8 Å². The number of nitrogens with zero attached hydrogens (tertiary/aromatic N) is 3. The highest BCUT2D eigenvalue weighted by molar-refractivity contribution is 7.99. The van der Waals surface area contributed by atoms with Crippen LogP contribution in [0.2, 0.25) is 0 Å². The van der Waals surface area contributed by atoms with Gasteiger partial charge in [-0.25, -0.2) is 8.78 Å². The Morgan fingerprint density at radius 3 is 2.62 bits per heavy atom. The molecule has 0 bridgehead atoms. The molecule has 8 heteroatoms.